The van der Waals surface area contributed by atoms with Crippen LogP contribution in [0.5, 0.6) is 0 Å². The summed E-state index contributed by atoms with van der Waals surface area (Å²) in [7, 11) is 0. The highest BCUT2D eigenvalue weighted by molar-refractivity contribution is 9.10. The van der Waals surface area contributed by atoms with Crippen LogP contribution >= 0.6 is 15.9 Å². The van der Waals surface area contributed by atoms with Crippen molar-refractivity contribution in [2.45, 2.75) is 20.3 Å². The van der Waals surface area contributed by atoms with Gasteiger partial charge in [-0.1, -0.05) is 13.0 Å². The minimum atomic E-state index is 0.550. The highest BCUT2D eigenvalue weighted by atomic mass is 79.9. The highest BCUT2D eigenvalue weighted by Gasteiger charge is 2.06. The van der Waals surface area contributed by atoms with Crippen molar-refractivity contribution in [3.8, 4) is 0 Å². The molecule has 0 amide bonds. The number of allylic oxidation sites excluding steroid dienone is 1. The molecule has 1 rings (SSSR count). The van der Waals surface area contributed by atoms with Crippen LogP contribution in [0, 0.1) is 5.41 Å². The first-order valence-corrected chi connectivity index (χ1v) is 5.52. The second-order valence-corrected chi connectivity index (χ2v) is 4.03. The topological polar surface area (TPSA) is 62.8 Å². The molecule has 1 heterocycles. The van der Waals surface area contributed by atoms with Crippen LogP contribution < -0.4 is 5.73 Å². The van der Waals surface area contributed by atoms with Gasteiger partial charge in [0.25, 0.3) is 0 Å². The average molecular weight is 268 g/mol. The molecule has 80 valence electrons. The maximum atomic E-state index is 7.70. The summed E-state index contributed by atoms with van der Waals surface area (Å²) in [5.41, 5.74) is 8.56. The molecule has 0 saturated carbocycles. The van der Waals surface area contributed by atoms with E-state index < -0.39 is 0 Å². The first kappa shape index (κ1) is 11.9. The van der Waals surface area contributed by atoms with Gasteiger partial charge in [0.1, 0.15) is 4.60 Å². The lowest BCUT2D eigenvalue weighted by molar-refractivity contribution is 1.19. The van der Waals surface area contributed by atoms with E-state index in [2.05, 4.69) is 20.9 Å². The van der Waals surface area contributed by atoms with Crippen LogP contribution in [0.15, 0.2) is 28.4 Å². The molecule has 0 saturated heterocycles. The third-order valence-corrected chi connectivity index (χ3v) is 2.64. The van der Waals surface area contributed by atoms with Gasteiger partial charge >= 0.3 is 0 Å². The molecule has 15 heavy (non-hydrogen) atoms. The van der Waals surface area contributed by atoms with Gasteiger partial charge in [0.05, 0.1) is 11.4 Å². The quantitative estimate of drug-likeness (QED) is 0.654. The fourth-order valence-electron chi connectivity index (χ4n) is 1.18. The molecule has 0 spiro atoms. The van der Waals surface area contributed by atoms with E-state index in [1.807, 2.05) is 32.0 Å². The van der Waals surface area contributed by atoms with E-state index in [1.54, 1.807) is 0 Å². The van der Waals surface area contributed by atoms with E-state index in [-0.39, 0.29) is 0 Å². The van der Waals surface area contributed by atoms with E-state index in [9.17, 15) is 0 Å². The third-order valence-electron chi connectivity index (χ3n) is 2.20. The van der Waals surface area contributed by atoms with Gasteiger partial charge in [-0.2, -0.15) is 0 Å². The van der Waals surface area contributed by atoms with Crippen molar-refractivity contribution in [2.75, 3.05) is 0 Å². The molecule has 3 nitrogen and oxygen atoms in total. The Morgan fingerprint density at radius 3 is 2.73 bits per heavy atom. The molecule has 0 radical (unpaired) electrons. The molecular formula is C11H14BrN3. The molecule has 1 aromatic rings. The second-order valence-electron chi connectivity index (χ2n) is 3.22. The second kappa shape index (κ2) is 5.07. The monoisotopic (exact) mass is 267 g/mol. The maximum absolute atomic E-state index is 7.70. The van der Waals surface area contributed by atoms with Gasteiger partial charge in [0, 0.05) is 5.71 Å². The Morgan fingerprint density at radius 2 is 2.20 bits per heavy atom. The largest absolute Gasteiger partial charge is 0.397 e. The number of nitrogens with zero attached hydrogens (tertiary/aromatic N) is 1. The lowest BCUT2D eigenvalue weighted by Crippen LogP contribution is -2.08. The van der Waals surface area contributed by atoms with Gasteiger partial charge in [-0.05, 0) is 47.0 Å². The van der Waals surface area contributed by atoms with E-state index in [4.69, 9.17) is 11.1 Å². The minimum Gasteiger partial charge on any atom is -0.397 e. The summed E-state index contributed by atoms with van der Waals surface area (Å²) in [6.07, 6.45) is 0.681. The number of hydrogen-bond donors (Lipinski definition) is 2. The third kappa shape index (κ3) is 2.89. The zero-order chi connectivity index (χ0) is 11.4. The molecule has 0 aliphatic rings. The fraction of sp³-hybridized carbons (Fsp3) is 0.273. The highest BCUT2D eigenvalue weighted by Crippen LogP contribution is 2.15. The lowest BCUT2D eigenvalue weighted by Gasteiger charge is -2.07. The van der Waals surface area contributed by atoms with Gasteiger partial charge in [-0.3, -0.25) is 0 Å². The van der Waals surface area contributed by atoms with Crippen LogP contribution in [-0.4, -0.2) is 10.7 Å². The van der Waals surface area contributed by atoms with Crippen molar-refractivity contribution in [1.82, 2.24) is 4.98 Å². The minimum absolute atomic E-state index is 0.550. The van der Waals surface area contributed by atoms with Crippen molar-refractivity contribution in [2.24, 2.45) is 5.73 Å². The van der Waals surface area contributed by atoms with Crippen LogP contribution in [-0.2, 0) is 0 Å². The molecule has 0 bridgehead atoms. The van der Waals surface area contributed by atoms with Crippen molar-refractivity contribution >= 4 is 27.3 Å². The summed E-state index contributed by atoms with van der Waals surface area (Å²) < 4.78 is 0.749. The fourth-order valence-corrected chi connectivity index (χ4v) is 1.52. The first-order chi connectivity index (χ1) is 7.06. The Kier molecular flexibility index (Phi) is 4.03. The van der Waals surface area contributed by atoms with E-state index in [1.165, 1.54) is 0 Å². The van der Waals surface area contributed by atoms with Gasteiger partial charge in [0.2, 0.25) is 0 Å². The molecule has 0 aliphatic carbocycles. The molecule has 0 unspecified atom stereocenters. The average Bonchev–Trinajstić information content (AvgIpc) is 2.26. The van der Waals surface area contributed by atoms with Gasteiger partial charge in [0.15, 0.2) is 0 Å². The molecular weight excluding hydrogens is 254 g/mol. The maximum Gasteiger partial charge on any atom is 0.106 e. The van der Waals surface area contributed by atoms with Gasteiger partial charge in [-0.15, -0.1) is 0 Å². The molecule has 0 fully saturated rings. The Labute approximate surface area is 98.0 Å². The number of nitrogens with two attached hydrogens (primary N) is 1. The van der Waals surface area contributed by atoms with Crippen LogP contribution in [0.25, 0.3) is 5.70 Å². The van der Waals surface area contributed by atoms with Gasteiger partial charge in [-0.25, -0.2) is 4.98 Å². The Hall–Kier alpha value is -1.16. The summed E-state index contributed by atoms with van der Waals surface area (Å²) in [6, 6.07) is 5.56. The normalized spacial score (nSPS) is 12.2. The van der Waals surface area contributed by atoms with E-state index in [0.717, 1.165) is 10.2 Å². The summed E-state index contributed by atoms with van der Waals surface area (Å²) in [6.45, 7) is 3.79. The van der Waals surface area contributed by atoms with E-state index in [0.29, 0.717) is 23.5 Å². The molecule has 0 aliphatic heterocycles. The number of nitrogens with one attached hydrogen (secondary N) is 1. The lowest BCUT2D eigenvalue weighted by atomic mass is 10.1. The summed E-state index contributed by atoms with van der Waals surface area (Å²) in [5.74, 6) is 0. The predicted octanol–water partition coefficient (Wildman–Crippen LogP) is 2.96. The number of aromatic nitrogens is 1. The number of halogens is 1. The van der Waals surface area contributed by atoms with Gasteiger partial charge < -0.3 is 11.1 Å². The van der Waals surface area contributed by atoms with Crippen molar-refractivity contribution < 1.29 is 0 Å². The number of pyridine rings is 1. The molecule has 0 atom stereocenters. The zero-order valence-electron chi connectivity index (χ0n) is 8.84. The Balaban J connectivity index is 3.13. The smallest absolute Gasteiger partial charge is 0.106 e. The number of hydrogen-bond acceptors (Lipinski definition) is 3. The molecule has 1 aromatic heterocycles. The van der Waals surface area contributed by atoms with Crippen molar-refractivity contribution in [1.29, 1.82) is 5.41 Å². The summed E-state index contributed by atoms with van der Waals surface area (Å²) in [5, 5.41) is 7.70. The molecule has 0 aromatic carbocycles. The summed E-state index contributed by atoms with van der Waals surface area (Å²) >= 11 is 3.29. The van der Waals surface area contributed by atoms with Crippen LogP contribution in [0.4, 0.5) is 0 Å². The number of rotatable bonds is 3. The predicted molar refractivity (Wildman–Crippen MR) is 66.7 cm³/mol. The van der Waals surface area contributed by atoms with Crippen LogP contribution in [0.3, 0.4) is 0 Å². The molecule has 3 N–H and O–H groups in total. The first-order valence-electron chi connectivity index (χ1n) is 4.73. The van der Waals surface area contributed by atoms with Crippen LogP contribution in [0.1, 0.15) is 26.0 Å². The summed E-state index contributed by atoms with van der Waals surface area (Å²) in [4.78, 5) is 4.25. The Bertz CT molecular complexity index is 410. The van der Waals surface area contributed by atoms with Crippen molar-refractivity contribution in [3.05, 3.63) is 34.1 Å². The SMILES string of the molecule is CCC(=N)/C(C)=C(\N)c1cccc(Br)n1. The standard InChI is InChI=1S/C11H14BrN3/c1-3-8(13)7(2)11(14)9-5-4-6-10(12)15-9/h4-6,13H,3,14H2,1-2H3/b11-7-,13-8?. The molecule has 4 heteroatoms. The van der Waals surface area contributed by atoms with Crippen LogP contribution in [0.2, 0.25) is 0 Å². The van der Waals surface area contributed by atoms with E-state index >= 15 is 0 Å². The Morgan fingerprint density at radius 1 is 1.53 bits per heavy atom. The van der Waals surface area contributed by atoms with Crippen molar-refractivity contribution in [3.63, 3.8) is 0 Å². The zero-order valence-corrected chi connectivity index (χ0v) is 10.4.